The van der Waals surface area contributed by atoms with Gasteiger partial charge in [-0.05, 0) is 39.3 Å². The van der Waals surface area contributed by atoms with Crippen molar-refractivity contribution in [3.8, 4) is 0 Å². The second-order valence-corrected chi connectivity index (χ2v) is 5.07. The van der Waals surface area contributed by atoms with Crippen molar-refractivity contribution in [1.29, 1.82) is 0 Å². The lowest BCUT2D eigenvalue weighted by Crippen LogP contribution is -2.44. The molecule has 0 unspecified atom stereocenters. The molecule has 2 N–H and O–H groups in total. The van der Waals surface area contributed by atoms with E-state index >= 15 is 0 Å². The number of hydrogen-bond donors (Lipinski definition) is 2. The van der Waals surface area contributed by atoms with E-state index in [2.05, 4.69) is 22.7 Å². The van der Waals surface area contributed by atoms with Gasteiger partial charge in [0.05, 0.1) is 11.1 Å². The third-order valence-corrected chi connectivity index (χ3v) is 3.64. The van der Waals surface area contributed by atoms with Crippen LogP contribution in [-0.2, 0) is 4.79 Å². The zero-order valence-corrected chi connectivity index (χ0v) is 11.1. The standard InChI is InChI=1S/C13H21N3O2/c1-3-4-13(5-7-14-8-6-13)12(17)15-11-9-10(2)16-18-11/h9,14H,3-8H2,1-2H3,(H,15,17). The van der Waals surface area contributed by atoms with Crippen molar-refractivity contribution in [2.75, 3.05) is 18.4 Å². The van der Waals surface area contributed by atoms with Crippen molar-refractivity contribution in [2.24, 2.45) is 5.41 Å². The molecule has 2 heterocycles. The van der Waals surface area contributed by atoms with E-state index in [4.69, 9.17) is 4.52 Å². The van der Waals surface area contributed by atoms with Gasteiger partial charge in [0.1, 0.15) is 0 Å². The summed E-state index contributed by atoms with van der Waals surface area (Å²) in [5.74, 6) is 0.522. The van der Waals surface area contributed by atoms with Gasteiger partial charge in [0, 0.05) is 6.07 Å². The van der Waals surface area contributed by atoms with Crippen LogP contribution < -0.4 is 10.6 Å². The molecule has 0 atom stereocenters. The molecular formula is C13H21N3O2. The Labute approximate surface area is 107 Å². The van der Waals surface area contributed by atoms with Crippen LogP contribution in [-0.4, -0.2) is 24.2 Å². The third-order valence-electron chi connectivity index (χ3n) is 3.64. The zero-order valence-electron chi connectivity index (χ0n) is 11.1. The van der Waals surface area contributed by atoms with Gasteiger partial charge >= 0.3 is 0 Å². The van der Waals surface area contributed by atoms with Crippen LogP contribution in [0.4, 0.5) is 5.88 Å². The van der Waals surface area contributed by atoms with Crippen molar-refractivity contribution in [3.05, 3.63) is 11.8 Å². The highest BCUT2D eigenvalue weighted by Gasteiger charge is 2.38. The van der Waals surface area contributed by atoms with E-state index in [0.717, 1.165) is 44.5 Å². The molecule has 0 radical (unpaired) electrons. The number of anilines is 1. The summed E-state index contributed by atoms with van der Waals surface area (Å²) in [6, 6.07) is 1.75. The van der Waals surface area contributed by atoms with Crippen LogP contribution in [0.3, 0.4) is 0 Å². The van der Waals surface area contributed by atoms with E-state index in [-0.39, 0.29) is 11.3 Å². The molecule has 2 rings (SSSR count). The first-order chi connectivity index (χ1) is 8.66. The van der Waals surface area contributed by atoms with Crippen molar-refractivity contribution in [3.63, 3.8) is 0 Å². The normalized spacial score (nSPS) is 18.6. The van der Waals surface area contributed by atoms with Gasteiger partial charge in [-0.15, -0.1) is 0 Å². The largest absolute Gasteiger partial charge is 0.338 e. The number of piperidine rings is 1. The second-order valence-electron chi connectivity index (χ2n) is 5.07. The van der Waals surface area contributed by atoms with Crippen molar-refractivity contribution in [1.82, 2.24) is 10.5 Å². The minimum Gasteiger partial charge on any atom is -0.338 e. The van der Waals surface area contributed by atoms with Crippen LogP contribution in [0.25, 0.3) is 0 Å². The van der Waals surface area contributed by atoms with E-state index in [1.807, 2.05) is 6.92 Å². The Hall–Kier alpha value is -1.36. The lowest BCUT2D eigenvalue weighted by atomic mass is 9.74. The highest BCUT2D eigenvalue weighted by Crippen LogP contribution is 2.35. The minimum absolute atomic E-state index is 0.0713. The number of aromatic nitrogens is 1. The van der Waals surface area contributed by atoms with Gasteiger partial charge in [-0.25, -0.2) is 0 Å². The molecule has 0 saturated carbocycles. The SMILES string of the molecule is CCCC1(C(=O)Nc2cc(C)no2)CCNCC1. The molecule has 5 heteroatoms. The maximum absolute atomic E-state index is 12.5. The maximum Gasteiger partial charge on any atom is 0.233 e. The number of nitrogens with one attached hydrogen (secondary N) is 2. The smallest absolute Gasteiger partial charge is 0.233 e. The number of aryl methyl sites for hydroxylation is 1. The van der Waals surface area contributed by atoms with Crippen molar-refractivity contribution < 1.29 is 9.32 Å². The zero-order chi connectivity index (χ0) is 13.0. The predicted molar refractivity (Wildman–Crippen MR) is 69.3 cm³/mol. The lowest BCUT2D eigenvalue weighted by Gasteiger charge is -2.35. The predicted octanol–water partition coefficient (Wildman–Crippen LogP) is 2.09. The van der Waals surface area contributed by atoms with Crippen molar-refractivity contribution >= 4 is 11.8 Å². The summed E-state index contributed by atoms with van der Waals surface area (Å²) in [5.41, 5.74) is 0.529. The number of amides is 1. The Balaban J connectivity index is 2.08. The number of rotatable bonds is 4. The number of nitrogens with zero attached hydrogens (tertiary/aromatic N) is 1. The molecule has 1 amide bonds. The summed E-state index contributed by atoms with van der Waals surface area (Å²) in [6.45, 7) is 5.77. The third kappa shape index (κ3) is 2.72. The Morgan fingerprint density at radius 2 is 2.28 bits per heavy atom. The molecule has 1 saturated heterocycles. The van der Waals surface area contributed by atoms with E-state index in [1.165, 1.54) is 0 Å². The van der Waals surface area contributed by atoms with Crippen LogP contribution >= 0.6 is 0 Å². The summed E-state index contributed by atoms with van der Waals surface area (Å²) in [4.78, 5) is 12.5. The summed E-state index contributed by atoms with van der Waals surface area (Å²) in [7, 11) is 0. The first-order valence-electron chi connectivity index (χ1n) is 6.62. The quantitative estimate of drug-likeness (QED) is 0.860. The van der Waals surface area contributed by atoms with E-state index in [9.17, 15) is 4.79 Å². The summed E-state index contributed by atoms with van der Waals surface area (Å²) in [6.07, 6.45) is 3.72. The van der Waals surface area contributed by atoms with Gasteiger partial charge in [0.25, 0.3) is 0 Å². The van der Waals surface area contributed by atoms with Crippen LogP contribution in [0.1, 0.15) is 38.3 Å². The first kappa shape index (κ1) is 13.1. The Kier molecular flexibility index (Phi) is 4.01. The molecule has 0 aliphatic carbocycles. The highest BCUT2D eigenvalue weighted by molar-refractivity contribution is 5.94. The Morgan fingerprint density at radius 3 is 2.83 bits per heavy atom. The van der Waals surface area contributed by atoms with Gasteiger partial charge in [-0.1, -0.05) is 18.5 Å². The van der Waals surface area contributed by atoms with Gasteiger partial charge in [-0.2, -0.15) is 0 Å². The fraction of sp³-hybridized carbons (Fsp3) is 0.692. The lowest BCUT2D eigenvalue weighted by molar-refractivity contribution is -0.127. The van der Waals surface area contributed by atoms with Gasteiger partial charge in [-0.3, -0.25) is 10.1 Å². The number of hydrogen-bond acceptors (Lipinski definition) is 4. The van der Waals surface area contributed by atoms with Crippen molar-refractivity contribution in [2.45, 2.75) is 39.5 Å². The van der Waals surface area contributed by atoms with E-state index in [1.54, 1.807) is 6.07 Å². The first-order valence-corrected chi connectivity index (χ1v) is 6.62. The molecule has 5 nitrogen and oxygen atoms in total. The van der Waals surface area contributed by atoms with E-state index < -0.39 is 0 Å². The molecule has 100 valence electrons. The monoisotopic (exact) mass is 251 g/mol. The molecule has 0 bridgehead atoms. The maximum atomic E-state index is 12.5. The van der Waals surface area contributed by atoms with Gasteiger partial charge < -0.3 is 9.84 Å². The molecule has 1 fully saturated rings. The fourth-order valence-electron chi connectivity index (χ4n) is 2.64. The number of carbonyl (C=O) groups is 1. The fourth-order valence-corrected chi connectivity index (χ4v) is 2.64. The molecule has 18 heavy (non-hydrogen) atoms. The molecule has 1 aliphatic rings. The topological polar surface area (TPSA) is 67.2 Å². The van der Waals surface area contributed by atoms with Gasteiger partial charge in [0.15, 0.2) is 0 Å². The minimum atomic E-state index is -0.249. The summed E-state index contributed by atoms with van der Waals surface area (Å²) in [5, 5.41) is 9.95. The molecule has 1 aromatic rings. The average Bonchev–Trinajstić information content (AvgIpc) is 2.76. The number of carbonyl (C=O) groups excluding carboxylic acids is 1. The average molecular weight is 251 g/mol. The molecular weight excluding hydrogens is 230 g/mol. The highest BCUT2D eigenvalue weighted by atomic mass is 16.5. The molecule has 0 aromatic carbocycles. The van der Waals surface area contributed by atoms with E-state index in [0.29, 0.717) is 5.88 Å². The Morgan fingerprint density at radius 1 is 1.56 bits per heavy atom. The van der Waals surface area contributed by atoms with Crippen LogP contribution in [0.15, 0.2) is 10.6 Å². The molecule has 0 spiro atoms. The van der Waals surface area contributed by atoms with Gasteiger partial charge in [0.2, 0.25) is 11.8 Å². The summed E-state index contributed by atoms with van der Waals surface area (Å²) < 4.78 is 5.05. The molecule has 1 aliphatic heterocycles. The van der Waals surface area contributed by atoms with Crippen LogP contribution in [0, 0.1) is 12.3 Å². The Bertz CT molecular complexity index is 403. The summed E-state index contributed by atoms with van der Waals surface area (Å²) >= 11 is 0. The van der Waals surface area contributed by atoms with Crippen LogP contribution in [0.5, 0.6) is 0 Å². The van der Waals surface area contributed by atoms with Crippen LogP contribution in [0.2, 0.25) is 0 Å². The molecule has 1 aromatic heterocycles. The second kappa shape index (κ2) is 5.52.